The summed E-state index contributed by atoms with van der Waals surface area (Å²) in [4.78, 5) is 0. The highest BCUT2D eigenvalue weighted by Crippen LogP contribution is 2.53. The minimum atomic E-state index is -2.70. The number of hydrogen-bond acceptors (Lipinski definition) is 5. The second-order valence-corrected chi connectivity index (χ2v) is 8.52. The van der Waals surface area contributed by atoms with E-state index in [1.165, 1.54) is 0 Å². The smallest absolute Gasteiger partial charge is 0.377 e. The van der Waals surface area contributed by atoms with E-state index in [1.807, 2.05) is 0 Å². The third kappa shape index (κ3) is 2.64. The molecular weight excluding hydrogens is 252 g/mol. The van der Waals surface area contributed by atoms with Gasteiger partial charge in [0.05, 0.1) is 25.4 Å². The summed E-state index contributed by atoms with van der Waals surface area (Å²) >= 11 is 0. The van der Waals surface area contributed by atoms with Crippen LogP contribution in [0.2, 0.25) is 5.04 Å². The molecule has 0 radical (unpaired) electrons. The minimum Gasteiger partial charge on any atom is -0.377 e. The zero-order valence-electron chi connectivity index (χ0n) is 11.7. The van der Waals surface area contributed by atoms with Gasteiger partial charge in [-0.25, -0.2) is 0 Å². The summed E-state index contributed by atoms with van der Waals surface area (Å²) in [6.45, 7) is 3.85. The number of ether oxygens (including phenoxy) is 2. The van der Waals surface area contributed by atoms with Gasteiger partial charge in [-0.1, -0.05) is 6.92 Å². The molecule has 0 aromatic carbocycles. The van der Waals surface area contributed by atoms with E-state index in [4.69, 9.17) is 22.8 Å². The summed E-state index contributed by atoms with van der Waals surface area (Å²) in [6.07, 6.45) is 3.48. The summed E-state index contributed by atoms with van der Waals surface area (Å²) in [5, 5.41) is -0.104. The lowest BCUT2D eigenvalue weighted by molar-refractivity contribution is 0.0755. The van der Waals surface area contributed by atoms with E-state index in [0.29, 0.717) is 12.2 Å². The molecule has 0 amide bonds. The molecule has 2 aliphatic heterocycles. The van der Waals surface area contributed by atoms with E-state index in [2.05, 4.69) is 6.92 Å². The quantitative estimate of drug-likeness (QED) is 0.473. The Balaban J connectivity index is 2.22. The van der Waals surface area contributed by atoms with Crippen molar-refractivity contribution in [1.29, 1.82) is 0 Å². The molecule has 2 rings (SSSR count). The molecule has 5 nitrogen and oxygen atoms in total. The maximum absolute atomic E-state index is 5.73. The molecule has 2 heterocycles. The minimum absolute atomic E-state index is 0.104. The average Bonchev–Trinajstić information content (AvgIpc) is 3.28. The zero-order valence-corrected chi connectivity index (χ0v) is 12.7. The van der Waals surface area contributed by atoms with Crippen molar-refractivity contribution in [2.75, 3.05) is 34.5 Å². The Morgan fingerprint density at radius 2 is 1.39 bits per heavy atom. The molecule has 0 saturated carbocycles. The molecule has 0 aromatic heterocycles. The molecule has 0 N–H and O–H groups in total. The molecule has 18 heavy (non-hydrogen) atoms. The molecule has 2 unspecified atom stereocenters. The fraction of sp³-hybridized carbons (Fsp3) is 1.00. The van der Waals surface area contributed by atoms with Crippen LogP contribution in [-0.2, 0) is 22.8 Å². The molecule has 0 aliphatic carbocycles. The number of epoxide rings is 2. The molecule has 0 aromatic rings. The summed E-state index contributed by atoms with van der Waals surface area (Å²) in [6, 6.07) is 0. The third-order valence-electron chi connectivity index (χ3n) is 4.17. The second-order valence-electron chi connectivity index (χ2n) is 5.12. The normalized spacial score (nSPS) is 30.0. The van der Waals surface area contributed by atoms with Crippen molar-refractivity contribution in [1.82, 2.24) is 0 Å². The Labute approximate surface area is 110 Å². The van der Waals surface area contributed by atoms with Crippen LogP contribution in [0.1, 0.15) is 26.2 Å². The van der Waals surface area contributed by atoms with Crippen molar-refractivity contribution in [2.24, 2.45) is 0 Å². The van der Waals surface area contributed by atoms with Crippen LogP contribution < -0.4 is 0 Å². The Morgan fingerprint density at radius 1 is 1.00 bits per heavy atom. The van der Waals surface area contributed by atoms with Gasteiger partial charge in [0.25, 0.3) is 0 Å². The largest absolute Gasteiger partial charge is 0.506 e. The van der Waals surface area contributed by atoms with Crippen molar-refractivity contribution in [3.63, 3.8) is 0 Å². The molecule has 2 aliphatic rings. The SMILES string of the molecule is CCC(CC1CO1)(CC1CO1)[Si](OC)(OC)OC. The molecule has 2 fully saturated rings. The Bertz CT molecular complexity index is 251. The van der Waals surface area contributed by atoms with Gasteiger partial charge < -0.3 is 22.8 Å². The fourth-order valence-corrected chi connectivity index (χ4v) is 6.17. The fourth-order valence-electron chi connectivity index (χ4n) is 2.98. The molecule has 2 saturated heterocycles. The molecule has 0 bridgehead atoms. The third-order valence-corrected chi connectivity index (χ3v) is 7.85. The van der Waals surface area contributed by atoms with E-state index < -0.39 is 8.80 Å². The lowest BCUT2D eigenvalue weighted by atomic mass is 9.93. The van der Waals surface area contributed by atoms with Crippen molar-refractivity contribution < 1.29 is 22.8 Å². The molecule has 2 atom stereocenters. The Kier molecular flexibility index (Phi) is 4.46. The maximum atomic E-state index is 5.73. The van der Waals surface area contributed by atoms with Crippen LogP contribution in [0.4, 0.5) is 0 Å². The van der Waals surface area contributed by atoms with Crippen LogP contribution in [0.25, 0.3) is 0 Å². The highest BCUT2D eigenvalue weighted by Gasteiger charge is 2.61. The first kappa shape index (κ1) is 14.4. The van der Waals surface area contributed by atoms with Gasteiger partial charge in [-0.2, -0.15) is 0 Å². The van der Waals surface area contributed by atoms with E-state index >= 15 is 0 Å². The van der Waals surface area contributed by atoms with Gasteiger partial charge in [0.1, 0.15) is 0 Å². The molecule has 0 spiro atoms. The highest BCUT2D eigenvalue weighted by molar-refractivity contribution is 6.64. The lowest BCUT2D eigenvalue weighted by Crippen LogP contribution is -2.55. The van der Waals surface area contributed by atoms with Gasteiger partial charge in [0.15, 0.2) is 0 Å². The van der Waals surface area contributed by atoms with Crippen LogP contribution in [-0.4, -0.2) is 55.6 Å². The number of hydrogen-bond donors (Lipinski definition) is 0. The number of rotatable bonds is 9. The first-order chi connectivity index (χ1) is 8.65. The predicted octanol–water partition coefficient (Wildman–Crippen LogP) is 1.59. The van der Waals surface area contributed by atoms with E-state index in [9.17, 15) is 0 Å². The summed E-state index contributed by atoms with van der Waals surface area (Å²) in [5.41, 5.74) is 0. The van der Waals surface area contributed by atoms with Crippen molar-refractivity contribution in [2.45, 2.75) is 43.4 Å². The summed E-state index contributed by atoms with van der Waals surface area (Å²) < 4.78 is 28.0. The van der Waals surface area contributed by atoms with Crippen LogP contribution >= 0.6 is 0 Å². The highest BCUT2D eigenvalue weighted by atomic mass is 28.4. The van der Waals surface area contributed by atoms with Gasteiger partial charge in [0, 0.05) is 26.4 Å². The Morgan fingerprint density at radius 3 is 1.61 bits per heavy atom. The average molecular weight is 276 g/mol. The van der Waals surface area contributed by atoms with Crippen LogP contribution in [0.5, 0.6) is 0 Å². The standard InChI is InChI=1S/C12H24O5Si/c1-5-12(6-10-8-16-10,7-11-9-17-11)18(13-2,14-3)15-4/h10-11H,5-9H2,1-4H3. The van der Waals surface area contributed by atoms with Gasteiger partial charge in [-0.15, -0.1) is 0 Å². The van der Waals surface area contributed by atoms with Gasteiger partial charge in [0.2, 0.25) is 0 Å². The van der Waals surface area contributed by atoms with Crippen molar-refractivity contribution >= 4 is 8.80 Å². The molecule has 6 heteroatoms. The molecular formula is C12H24O5Si. The first-order valence-electron chi connectivity index (χ1n) is 6.54. The topological polar surface area (TPSA) is 52.8 Å². The lowest BCUT2D eigenvalue weighted by Gasteiger charge is -2.43. The first-order valence-corrected chi connectivity index (χ1v) is 8.26. The summed E-state index contributed by atoms with van der Waals surface area (Å²) in [7, 11) is 2.35. The van der Waals surface area contributed by atoms with Gasteiger partial charge in [-0.05, 0) is 19.3 Å². The zero-order chi connectivity index (χ0) is 13.2. The van der Waals surface area contributed by atoms with Crippen LogP contribution in [0.15, 0.2) is 0 Å². The summed E-state index contributed by atoms with van der Waals surface area (Å²) in [5.74, 6) is 0. The van der Waals surface area contributed by atoms with Crippen molar-refractivity contribution in [3.05, 3.63) is 0 Å². The maximum Gasteiger partial charge on any atom is 0.506 e. The van der Waals surface area contributed by atoms with Gasteiger partial charge in [-0.3, -0.25) is 0 Å². The van der Waals surface area contributed by atoms with E-state index in [1.54, 1.807) is 21.3 Å². The monoisotopic (exact) mass is 276 g/mol. The van der Waals surface area contributed by atoms with Crippen LogP contribution in [0.3, 0.4) is 0 Å². The van der Waals surface area contributed by atoms with E-state index in [0.717, 1.165) is 32.5 Å². The van der Waals surface area contributed by atoms with Gasteiger partial charge >= 0.3 is 8.80 Å². The van der Waals surface area contributed by atoms with E-state index in [-0.39, 0.29) is 5.04 Å². The Hall–Kier alpha value is 0.0169. The van der Waals surface area contributed by atoms with Crippen molar-refractivity contribution in [3.8, 4) is 0 Å². The molecule has 106 valence electrons. The second kappa shape index (κ2) is 5.56. The van der Waals surface area contributed by atoms with Crippen LogP contribution in [0, 0.1) is 0 Å². The predicted molar refractivity (Wildman–Crippen MR) is 68.5 cm³/mol.